The Labute approximate surface area is 128 Å². The number of carbonyl (C=O) groups is 1. The Balaban J connectivity index is 0.00000220. The van der Waals surface area contributed by atoms with Gasteiger partial charge in [0, 0.05) is 18.7 Å². The van der Waals surface area contributed by atoms with Crippen LogP contribution in [0.15, 0.2) is 24.3 Å². The molecule has 0 aliphatic carbocycles. The molecule has 1 saturated heterocycles. The Hall–Kier alpha value is -1.86. The maximum Gasteiger partial charge on any atom is 0.310 e. The number of amides is 1. The van der Waals surface area contributed by atoms with E-state index in [9.17, 15) is 14.9 Å². The summed E-state index contributed by atoms with van der Waals surface area (Å²) in [5, 5.41) is 16.8. The topological polar surface area (TPSA) is 93.5 Å². The Morgan fingerprint density at radius 2 is 2.24 bits per heavy atom. The van der Waals surface area contributed by atoms with Gasteiger partial charge in [0.1, 0.15) is 0 Å². The van der Waals surface area contributed by atoms with Crippen LogP contribution < -0.4 is 15.4 Å². The molecule has 21 heavy (non-hydrogen) atoms. The standard InChI is InChI=1S/C13H17N3O4.ClH/c17-13(15-10-5-7-14-9-10)6-8-20-12-4-2-1-3-11(12)16(18)19;/h1-4,10,14H,5-9H2,(H,15,17);1H. The highest BCUT2D eigenvalue weighted by atomic mass is 35.5. The molecule has 1 heterocycles. The van der Waals surface area contributed by atoms with E-state index >= 15 is 0 Å². The Morgan fingerprint density at radius 1 is 1.48 bits per heavy atom. The smallest absolute Gasteiger partial charge is 0.310 e. The third-order valence-electron chi connectivity index (χ3n) is 3.07. The van der Waals surface area contributed by atoms with Crippen molar-refractivity contribution in [1.82, 2.24) is 10.6 Å². The first-order valence-corrected chi connectivity index (χ1v) is 6.53. The number of nitrogens with one attached hydrogen (secondary N) is 2. The SMILES string of the molecule is Cl.O=C(CCOc1ccccc1[N+](=O)[O-])NC1CCNC1. The number of benzene rings is 1. The molecule has 7 nitrogen and oxygen atoms in total. The molecule has 1 aliphatic rings. The van der Waals surface area contributed by atoms with Crippen molar-refractivity contribution in [2.45, 2.75) is 18.9 Å². The number of halogens is 1. The zero-order valence-electron chi connectivity index (χ0n) is 11.4. The molecule has 0 radical (unpaired) electrons. The van der Waals surface area contributed by atoms with E-state index in [2.05, 4.69) is 10.6 Å². The predicted octanol–water partition coefficient (Wildman–Crippen LogP) is 1.26. The molecule has 0 bridgehead atoms. The van der Waals surface area contributed by atoms with Gasteiger partial charge in [0.15, 0.2) is 5.75 Å². The monoisotopic (exact) mass is 315 g/mol. The van der Waals surface area contributed by atoms with E-state index in [1.165, 1.54) is 12.1 Å². The van der Waals surface area contributed by atoms with E-state index in [4.69, 9.17) is 4.74 Å². The number of carbonyl (C=O) groups excluding carboxylic acids is 1. The summed E-state index contributed by atoms with van der Waals surface area (Å²) in [5.74, 6) is 0.0881. The van der Waals surface area contributed by atoms with Crippen molar-refractivity contribution in [3.63, 3.8) is 0 Å². The first kappa shape index (κ1) is 17.2. The molecule has 1 atom stereocenters. The molecular weight excluding hydrogens is 298 g/mol. The summed E-state index contributed by atoms with van der Waals surface area (Å²) in [6.45, 7) is 1.82. The number of nitro groups is 1. The number of hydrogen-bond donors (Lipinski definition) is 2. The summed E-state index contributed by atoms with van der Waals surface area (Å²) in [6.07, 6.45) is 1.11. The van der Waals surface area contributed by atoms with Crippen LogP contribution in [0.3, 0.4) is 0 Å². The third-order valence-corrected chi connectivity index (χ3v) is 3.07. The van der Waals surface area contributed by atoms with Gasteiger partial charge in [0.05, 0.1) is 18.0 Å². The normalized spacial score (nSPS) is 16.9. The van der Waals surface area contributed by atoms with Crippen LogP contribution in [-0.4, -0.2) is 36.6 Å². The summed E-state index contributed by atoms with van der Waals surface area (Å²) in [6, 6.07) is 6.31. The highest BCUT2D eigenvalue weighted by Gasteiger charge is 2.17. The van der Waals surface area contributed by atoms with Crippen molar-refractivity contribution >= 4 is 24.0 Å². The molecule has 1 aliphatic heterocycles. The molecule has 2 N–H and O–H groups in total. The van der Waals surface area contributed by atoms with Crippen LogP contribution in [0.1, 0.15) is 12.8 Å². The molecule has 1 amide bonds. The quantitative estimate of drug-likeness (QED) is 0.609. The van der Waals surface area contributed by atoms with Crippen molar-refractivity contribution in [1.29, 1.82) is 0 Å². The summed E-state index contributed by atoms with van der Waals surface area (Å²) in [7, 11) is 0. The van der Waals surface area contributed by atoms with Crippen molar-refractivity contribution < 1.29 is 14.5 Å². The largest absolute Gasteiger partial charge is 0.486 e. The van der Waals surface area contributed by atoms with E-state index in [0.717, 1.165) is 19.5 Å². The minimum absolute atomic E-state index is 0. The molecule has 0 aromatic heterocycles. The Morgan fingerprint density at radius 3 is 2.90 bits per heavy atom. The zero-order valence-corrected chi connectivity index (χ0v) is 12.2. The molecule has 0 saturated carbocycles. The number of nitro benzene ring substituents is 1. The molecule has 2 rings (SSSR count). The minimum Gasteiger partial charge on any atom is -0.486 e. The van der Waals surface area contributed by atoms with Crippen molar-refractivity contribution in [2.75, 3.05) is 19.7 Å². The first-order chi connectivity index (χ1) is 9.66. The van der Waals surface area contributed by atoms with E-state index in [0.29, 0.717) is 0 Å². The zero-order chi connectivity index (χ0) is 14.4. The molecule has 8 heteroatoms. The van der Waals surface area contributed by atoms with E-state index in [1.54, 1.807) is 12.1 Å². The molecular formula is C13H18ClN3O4. The van der Waals surface area contributed by atoms with Crippen molar-refractivity contribution in [3.8, 4) is 5.75 Å². The van der Waals surface area contributed by atoms with Gasteiger partial charge in [-0.25, -0.2) is 0 Å². The summed E-state index contributed by atoms with van der Waals surface area (Å²) < 4.78 is 5.32. The van der Waals surface area contributed by atoms with Gasteiger partial charge in [-0.05, 0) is 19.0 Å². The lowest BCUT2D eigenvalue weighted by atomic mass is 10.2. The maximum atomic E-state index is 11.7. The lowest BCUT2D eigenvalue weighted by molar-refractivity contribution is -0.385. The van der Waals surface area contributed by atoms with Crippen LogP contribution in [0.25, 0.3) is 0 Å². The van der Waals surface area contributed by atoms with Crippen LogP contribution in [0.4, 0.5) is 5.69 Å². The molecule has 1 unspecified atom stereocenters. The van der Waals surface area contributed by atoms with Gasteiger partial charge in [-0.1, -0.05) is 12.1 Å². The maximum absolute atomic E-state index is 11.7. The van der Waals surface area contributed by atoms with Crippen LogP contribution in [0.5, 0.6) is 5.75 Å². The second kappa shape index (κ2) is 8.43. The fourth-order valence-electron chi connectivity index (χ4n) is 2.06. The average Bonchev–Trinajstić information content (AvgIpc) is 2.92. The predicted molar refractivity (Wildman–Crippen MR) is 79.9 cm³/mol. The van der Waals surface area contributed by atoms with E-state index in [1.807, 2.05) is 0 Å². The van der Waals surface area contributed by atoms with Gasteiger partial charge in [0.25, 0.3) is 0 Å². The fourth-order valence-corrected chi connectivity index (χ4v) is 2.06. The van der Waals surface area contributed by atoms with Gasteiger partial charge in [-0.2, -0.15) is 0 Å². The van der Waals surface area contributed by atoms with E-state index < -0.39 is 4.92 Å². The Bertz CT molecular complexity index is 492. The van der Waals surface area contributed by atoms with Crippen molar-refractivity contribution in [2.24, 2.45) is 0 Å². The average molecular weight is 316 g/mol. The molecule has 1 aromatic carbocycles. The third kappa shape index (κ3) is 5.20. The number of nitrogens with zero attached hydrogens (tertiary/aromatic N) is 1. The summed E-state index contributed by atoms with van der Waals surface area (Å²) in [5.41, 5.74) is -0.0899. The fraction of sp³-hybridized carbons (Fsp3) is 0.462. The Kier molecular flexibility index (Phi) is 6.90. The highest BCUT2D eigenvalue weighted by molar-refractivity contribution is 5.85. The highest BCUT2D eigenvalue weighted by Crippen LogP contribution is 2.25. The number of ether oxygens (including phenoxy) is 1. The van der Waals surface area contributed by atoms with Gasteiger partial charge < -0.3 is 15.4 Å². The van der Waals surface area contributed by atoms with Gasteiger partial charge >= 0.3 is 5.69 Å². The second-order valence-corrected chi connectivity index (χ2v) is 4.58. The number of hydrogen-bond acceptors (Lipinski definition) is 5. The second-order valence-electron chi connectivity index (χ2n) is 4.58. The minimum atomic E-state index is -0.500. The van der Waals surface area contributed by atoms with Crippen molar-refractivity contribution in [3.05, 3.63) is 34.4 Å². The van der Waals surface area contributed by atoms with Gasteiger partial charge in [-0.15, -0.1) is 12.4 Å². The molecule has 1 fully saturated rings. The molecule has 1 aromatic rings. The van der Waals surface area contributed by atoms with Gasteiger partial charge in [0.2, 0.25) is 5.91 Å². The van der Waals surface area contributed by atoms with Crippen LogP contribution in [0, 0.1) is 10.1 Å². The first-order valence-electron chi connectivity index (χ1n) is 6.53. The van der Waals surface area contributed by atoms with Gasteiger partial charge in [-0.3, -0.25) is 14.9 Å². The van der Waals surface area contributed by atoms with Crippen LogP contribution in [0.2, 0.25) is 0 Å². The lowest BCUT2D eigenvalue weighted by Crippen LogP contribution is -2.36. The lowest BCUT2D eigenvalue weighted by Gasteiger charge is -2.11. The number of rotatable bonds is 6. The van der Waals surface area contributed by atoms with Crippen LogP contribution in [-0.2, 0) is 4.79 Å². The summed E-state index contributed by atoms with van der Waals surface area (Å²) in [4.78, 5) is 21.9. The van der Waals surface area contributed by atoms with Crippen LogP contribution >= 0.6 is 12.4 Å². The molecule has 116 valence electrons. The molecule has 0 spiro atoms. The number of para-hydroxylation sites is 2. The van der Waals surface area contributed by atoms with E-state index in [-0.39, 0.29) is 48.8 Å². The summed E-state index contributed by atoms with van der Waals surface area (Å²) >= 11 is 0.